The topological polar surface area (TPSA) is 44.8 Å². The van der Waals surface area contributed by atoms with Gasteiger partial charge in [0.15, 0.2) is 0 Å². The van der Waals surface area contributed by atoms with E-state index >= 15 is 0 Å². The van der Waals surface area contributed by atoms with Gasteiger partial charge in [0, 0.05) is 39.4 Å². The number of para-hydroxylation sites is 2. The first-order chi connectivity index (χ1) is 11.8. The summed E-state index contributed by atoms with van der Waals surface area (Å²) in [5.74, 6) is 0. The highest BCUT2D eigenvalue weighted by Crippen LogP contribution is 2.40. The molecule has 24 heavy (non-hydrogen) atoms. The van der Waals surface area contributed by atoms with Crippen molar-refractivity contribution in [1.29, 1.82) is 0 Å². The van der Waals surface area contributed by atoms with Gasteiger partial charge in [-0.25, -0.2) is 4.79 Å². The number of nitrogens with one attached hydrogen (secondary N) is 1. The normalized spacial score (nSPS) is 23.0. The lowest BCUT2D eigenvalue weighted by Crippen LogP contribution is -2.37. The lowest BCUT2D eigenvalue weighted by atomic mass is 9.80. The van der Waals surface area contributed by atoms with E-state index in [1.807, 2.05) is 17.0 Å². The number of hydrogen-bond acceptors (Lipinski definition) is 3. The molecule has 0 aromatic heterocycles. The molecule has 0 saturated carbocycles. The minimum Gasteiger partial charge on any atom is -0.381 e. The highest BCUT2D eigenvalue weighted by molar-refractivity contribution is 5.93. The number of urea groups is 1. The second-order valence-corrected chi connectivity index (χ2v) is 7.43. The Hall–Kier alpha value is -1.75. The first-order valence-electron chi connectivity index (χ1n) is 9.24. The fourth-order valence-electron chi connectivity index (χ4n) is 4.33. The molecule has 3 fully saturated rings. The SMILES string of the molecule is O=C(Nc1ccccc1N1CCCC1)N1CCC2(CCOCC2)C1. The minimum atomic E-state index is 0.0463. The van der Waals surface area contributed by atoms with Gasteiger partial charge in [-0.1, -0.05) is 12.1 Å². The van der Waals surface area contributed by atoms with Gasteiger partial charge in [0.25, 0.3) is 0 Å². The van der Waals surface area contributed by atoms with Gasteiger partial charge in [-0.3, -0.25) is 0 Å². The smallest absolute Gasteiger partial charge is 0.321 e. The predicted molar refractivity (Wildman–Crippen MR) is 95.6 cm³/mol. The summed E-state index contributed by atoms with van der Waals surface area (Å²) in [6.45, 7) is 5.58. The van der Waals surface area contributed by atoms with Crippen molar-refractivity contribution in [2.75, 3.05) is 49.6 Å². The maximum absolute atomic E-state index is 12.8. The lowest BCUT2D eigenvalue weighted by molar-refractivity contribution is 0.0211. The van der Waals surface area contributed by atoms with Crippen molar-refractivity contribution in [3.63, 3.8) is 0 Å². The Balaban J connectivity index is 1.43. The van der Waals surface area contributed by atoms with Crippen LogP contribution < -0.4 is 10.2 Å². The van der Waals surface area contributed by atoms with E-state index in [-0.39, 0.29) is 6.03 Å². The second kappa shape index (κ2) is 6.63. The minimum absolute atomic E-state index is 0.0463. The molecule has 1 aromatic rings. The molecular weight excluding hydrogens is 302 g/mol. The average Bonchev–Trinajstić information content (AvgIpc) is 3.27. The Morgan fingerprint density at radius 2 is 1.79 bits per heavy atom. The monoisotopic (exact) mass is 329 g/mol. The zero-order valence-corrected chi connectivity index (χ0v) is 14.3. The second-order valence-electron chi connectivity index (χ2n) is 7.43. The third-order valence-corrected chi connectivity index (χ3v) is 5.87. The first-order valence-corrected chi connectivity index (χ1v) is 9.24. The molecule has 1 N–H and O–H groups in total. The van der Waals surface area contributed by atoms with Crippen molar-refractivity contribution in [1.82, 2.24) is 4.90 Å². The van der Waals surface area contributed by atoms with Crippen LogP contribution in [-0.2, 0) is 4.74 Å². The number of anilines is 2. The predicted octanol–water partition coefficient (Wildman–Crippen LogP) is 3.32. The van der Waals surface area contributed by atoms with Crippen molar-refractivity contribution >= 4 is 17.4 Å². The van der Waals surface area contributed by atoms with Crippen LogP contribution in [0.25, 0.3) is 0 Å². The molecule has 1 aromatic carbocycles. The van der Waals surface area contributed by atoms with E-state index in [1.54, 1.807) is 0 Å². The number of rotatable bonds is 2. The summed E-state index contributed by atoms with van der Waals surface area (Å²) in [5.41, 5.74) is 2.39. The summed E-state index contributed by atoms with van der Waals surface area (Å²) < 4.78 is 5.50. The summed E-state index contributed by atoms with van der Waals surface area (Å²) in [4.78, 5) is 17.1. The molecule has 130 valence electrons. The average molecular weight is 329 g/mol. The summed E-state index contributed by atoms with van der Waals surface area (Å²) >= 11 is 0. The van der Waals surface area contributed by atoms with E-state index in [9.17, 15) is 4.79 Å². The third kappa shape index (κ3) is 3.09. The van der Waals surface area contributed by atoms with E-state index < -0.39 is 0 Å². The highest BCUT2D eigenvalue weighted by atomic mass is 16.5. The van der Waals surface area contributed by atoms with Gasteiger partial charge in [-0.05, 0) is 49.7 Å². The first kappa shape index (κ1) is 15.8. The van der Waals surface area contributed by atoms with Crippen LogP contribution in [-0.4, -0.2) is 50.3 Å². The van der Waals surface area contributed by atoms with E-state index in [4.69, 9.17) is 4.74 Å². The largest absolute Gasteiger partial charge is 0.381 e. The van der Waals surface area contributed by atoms with Gasteiger partial charge in [0.05, 0.1) is 11.4 Å². The van der Waals surface area contributed by atoms with Crippen LogP contribution >= 0.6 is 0 Å². The Morgan fingerprint density at radius 3 is 2.58 bits per heavy atom. The van der Waals surface area contributed by atoms with E-state index in [2.05, 4.69) is 22.3 Å². The van der Waals surface area contributed by atoms with E-state index in [1.165, 1.54) is 12.8 Å². The van der Waals surface area contributed by atoms with Crippen molar-refractivity contribution in [3.05, 3.63) is 24.3 Å². The lowest BCUT2D eigenvalue weighted by Gasteiger charge is -2.33. The Morgan fingerprint density at radius 1 is 1.04 bits per heavy atom. The number of hydrogen-bond donors (Lipinski definition) is 1. The fourth-order valence-corrected chi connectivity index (χ4v) is 4.33. The van der Waals surface area contributed by atoms with Crippen LogP contribution in [0.4, 0.5) is 16.2 Å². The molecule has 1 spiro atoms. The Bertz CT molecular complexity index is 592. The van der Waals surface area contributed by atoms with Crippen molar-refractivity contribution < 1.29 is 9.53 Å². The van der Waals surface area contributed by atoms with Crippen LogP contribution in [0.1, 0.15) is 32.1 Å². The van der Waals surface area contributed by atoms with Crippen molar-refractivity contribution in [2.45, 2.75) is 32.1 Å². The van der Waals surface area contributed by atoms with Gasteiger partial charge in [0.1, 0.15) is 0 Å². The molecule has 0 atom stereocenters. The van der Waals surface area contributed by atoms with Crippen LogP contribution in [0, 0.1) is 5.41 Å². The molecule has 3 aliphatic rings. The number of likely N-dealkylation sites (tertiary alicyclic amines) is 1. The molecular formula is C19H27N3O2. The molecule has 3 aliphatic heterocycles. The van der Waals surface area contributed by atoms with Gasteiger partial charge in [-0.2, -0.15) is 0 Å². The standard InChI is InChI=1S/C19H27N3O2/c23-18(22-12-7-19(15-22)8-13-24-14-9-19)20-16-5-1-2-6-17(16)21-10-3-4-11-21/h1-2,5-6H,3-4,7-15H2,(H,20,23). The summed E-state index contributed by atoms with van der Waals surface area (Å²) in [7, 11) is 0. The molecule has 5 heteroatoms. The van der Waals surface area contributed by atoms with Gasteiger partial charge in [-0.15, -0.1) is 0 Å². The number of benzene rings is 1. The molecule has 5 nitrogen and oxygen atoms in total. The molecule has 0 radical (unpaired) electrons. The number of ether oxygens (including phenoxy) is 1. The van der Waals surface area contributed by atoms with E-state index in [0.29, 0.717) is 5.41 Å². The summed E-state index contributed by atoms with van der Waals surface area (Å²) in [6, 6.07) is 8.23. The molecule has 3 heterocycles. The van der Waals surface area contributed by atoms with Crippen LogP contribution in [0.15, 0.2) is 24.3 Å². The van der Waals surface area contributed by atoms with Crippen molar-refractivity contribution in [3.8, 4) is 0 Å². The number of carbonyl (C=O) groups is 1. The van der Waals surface area contributed by atoms with Crippen LogP contribution in [0.3, 0.4) is 0 Å². The number of carbonyl (C=O) groups excluding carboxylic acids is 1. The summed E-state index contributed by atoms with van der Waals surface area (Å²) in [6.07, 6.45) is 5.75. The summed E-state index contributed by atoms with van der Waals surface area (Å²) in [5, 5.41) is 3.17. The van der Waals surface area contributed by atoms with Gasteiger partial charge >= 0.3 is 6.03 Å². The Kier molecular flexibility index (Phi) is 4.35. The molecule has 0 bridgehead atoms. The van der Waals surface area contributed by atoms with Crippen LogP contribution in [0.5, 0.6) is 0 Å². The maximum atomic E-state index is 12.8. The molecule has 2 amide bonds. The molecule has 4 rings (SSSR count). The van der Waals surface area contributed by atoms with Gasteiger partial charge < -0.3 is 19.9 Å². The molecule has 0 aliphatic carbocycles. The maximum Gasteiger partial charge on any atom is 0.321 e. The number of nitrogens with zero attached hydrogens (tertiary/aromatic N) is 2. The molecule has 0 unspecified atom stereocenters. The highest BCUT2D eigenvalue weighted by Gasteiger charge is 2.41. The Labute approximate surface area is 144 Å². The zero-order valence-electron chi connectivity index (χ0n) is 14.3. The van der Waals surface area contributed by atoms with Crippen molar-refractivity contribution in [2.24, 2.45) is 5.41 Å². The fraction of sp³-hybridized carbons (Fsp3) is 0.632. The zero-order chi connectivity index (χ0) is 16.4. The van der Waals surface area contributed by atoms with Crippen LogP contribution in [0.2, 0.25) is 0 Å². The van der Waals surface area contributed by atoms with E-state index in [0.717, 1.165) is 70.0 Å². The number of amides is 2. The molecule has 3 saturated heterocycles. The quantitative estimate of drug-likeness (QED) is 0.905. The third-order valence-electron chi connectivity index (χ3n) is 5.87. The van der Waals surface area contributed by atoms with Gasteiger partial charge in [0.2, 0.25) is 0 Å².